The normalized spacial score (nSPS) is 21.4. The van der Waals surface area contributed by atoms with Crippen molar-refractivity contribution in [3.63, 3.8) is 0 Å². The van der Waals surface area contributed by atoms with Gasteiger partial charge < -0.3 is 19.9 Å². The molecule has 0 spiro atoms. The monoisotopic (exact) mass is 334 g/mol. The molecule has 0 bridgehead atoms. The van der Waals surface area contributed by atoms with Gasteiger partial charge in [0.2, 0.25) is 12.7 Å². The molecule has 1 fully saturated rings. The Morgan fingerprint density at radius 2 is 2.04 bits per heavy atom. The number of nitrogens with zero attached hydrogens (tertiary/aromatic N) is 1. The van der Waals surface area contributed by atoms with Crippen LogP contribution in [0.1, 0.15) is 25.3 Å². The first kappa shape index (κ1) is 16.6. The van der Waals surface area contributed by atoms with Crippen molar-refractivity contribution < 1.29 is 24.2 Å². The van der Waals surface area contributed by atoms with Gasteiger partial charge in [-0.3, -0.25) is 14.5 Å². The van der Waals surface area contributed by atoms with E-state index >= 15 is 0 Å². The summed E-state index contributed by atoms with van der Waals surface area (Å²) in [4.78, 5) is 24.9. The van der Waals surface area contributed by atoms with Crippen LogP contribution in [0.3, 0.4) is 0 Å². The lowest BCUT2D eigenvalue weighted by molar-refractivity contribution is -0.139. The Morgan fingerprint density at radius 3 is 2.75 bits per heavy atom. The first-order chi connectivity index (χ1) is 11.5. The average Bonchev–Trinajstić information content (AvgIpc) is 2.96. The number of hydrogen-bond donors (Lipinski definition) is 2. The molecule has 130 valence electrons. The van der Waals surface area contributed by atoms with Crippen molar-refractivity contribution >= 4 is 11.9 Å². The summed E-state index contributed by atoms with van der Waals surface area (Å²) in [5.74, 6) is 0.543. The molecule has 24 heavy (non-hydrogen) atoms. The van der Waals surface area contributed by atoms with Crippen molar-refractivity contribution in [3.05, 3.63) is 23.8 Å². The van der Waals surface area contributed by atoms with Crippen LogP contribution in [-0.2, 0) is 16.0 Å². The molecule has 1 amide bonds. The molecule has 1 aliphatic heterocycles. The van der Waals surface area contributed by atoms with Gasteiger partial charge in [0.1, 0.15) is 0 Å². The molecular formula is C17H22N2O5. The van der Waals surface area contributed by atoms with Crippen molar-refractivity contribution in [2.75, 3.05) is 19.9 Å². The van der Waals surface area contributed by atoms with E-state index in [-0.39, 0.29) is 31.3 Å². The van der Waals surface area contributed by atoms with Crippen LogP contribution in [0.4, 0.5) is 0 Å². The minimum Gasteiger partial charge on any atom is -0.480 e. The number of benzene rings is 1. The molecule has 0 atom stereocenters. The molecule has 1 saturated carbocycles. The van der Waals surface area contributed by atoms with E-state index in [0.29, 0.717) is 24.5 Å². The number of fused-ring (bicyclic) bond motifs is 1. The summed E-state index contributed by atoms with van der Waals surface area (Å²) >= 11 is 0. The zero-order chi connectivity index (χ0) is 17.1. The Labute approximate surface area is 140 Å². The second kappa shape index (κ2) is 7.09. The van der Waals surface area contributed by atoms with Crippen LogP contribution in [0.5, 0.6) is 11.5 Å². The molecule has 7 nitrogen and oxygen atoms in total. The molecule has 3 rings (SSSR count). The summed E-state index contributed by atoms with van der Waals surface area (Å²) in [7, 11) is 0. The summed E-state index contributed by atoms with van der Waals surface area (Å²) < 4.78 is 10.6. The first-order valence-electron chi connectivity index (χ1n) is 8.19. The second-order valence-electron chi connectivity index (χ2n) is 6.21. The molecule has 0 radical (unpaired) electrons. The maximum Gasteiger partial charge on any atom is 0.317 e. The molecular weight excluding hydrogens is 312 g/mol. The molecule has 2 N–H and O–H groups in total. The number of carbonyl (C=O) groups is 2. The molecule has 0 aromatic heterocycles. The molecule has 1 aromatic carbocycles. The zero-order valence-corrected chi connectivity index (χ0v) is 13.7. The van der Waals surface area contributed by atoms with Crippen molar-refractivity contribution in [3.8, 4) is 11.5 Å². The minimum atomic E-state index is -0.813. The average molecular weight is 334 g/mol. The number of carboxylic acids is 1. The number of aliphatic carboxylic acids is 1. The van der Waals surface area contributed by atoms with Gasteiger partial charge >= 0.3 is 5.97 Å². The van der Waals surface area contributed by atoms with E-state index in [1.165, 1.54) is 0 Å². The van der Waals surface area contributed by atoms with Gasteiger partial charge in [-0.05, 0) is 37.1 Å². The van der Waals surface area contributed by atoms with Crippen LogP contribution in [0, 0.1) is 0 Å². The summed E-state index contributed by atoms with van der Waals surface area (Å²) in [6.07, 6.45) is 1.90. The quantitative estimate of drug-likeness (QED) is 0.774. The van der Waals surface area contributed by atoms with Crippen LogP contribution in [-0.4, -0.2) is 53.8 Å². The maximum absolute atomic E-state index is 12.1. The lowest BCUT2D eigenvalue weighted by atomic mass is 9.85. The van der Waals surface area contributed by atoms with Gasteiger partial charge in [0.25, 0.3) is 0 Å². The summed E-state index contributed by atoms with van der Waals surface area (Å²) in [6, 6.07) is 5.87. The van der Waals surface area contributed by atoms with Crippen LogP contribution in [0.15, 0.2) is 18.2 Å². The third-order valence-electron chi connectivity index (χ3n) is 4.54. The predicted molar refractivity (Wildman–Crippen MR) is 86.1 cm³/mol. The second-order valence-corrected chi connectivity index (χ2v) is 6.21. The van der Waals surface area contributed by atoms with Gasteiger partial charge in [-0.15, -0.1) is 0 Å². The molecule has 1 heterocycles. The van der Waals surface area contributed by atoms with Gasteiger partial charge in [-0.25, -0.2) is 0 Å². The maximum atomic E-state index is 12.1. The highest BCUT2D eigenvalue weighted by Crippen LogP contribution is 2.32. The van der Waals surface area contributed by atoms with E-state index in [9.17, 15) is 9.59 Å². The van der Waals surface area contributed by atoms with Gasteiger partial charge in [0.15, 0.2) is 11.5 Å². The number of carbonyl (C=O) groups excluding carboxylic acids is 1. The van der Waals surface area contributed by atoms with Gasteiger partial charge in [-0.2, -0.15) is 0 Å². The summed E-state index contributed by atoms with van der Waals surface area (Å²) in [5.41, 5.74) is 0.883. The number of nitrogens with one attached hydrogen (secondary N) is 1. The van der Waals surface area contributed by atoms with Gasteiger partial charge in [-0.1, -0.05) is 13.0 Å². The highest BCUT2D eigenvalue weighted by molar-refractivity contribution is 5.79. The Morgan fingerprint density at radius 1 is 1.29 bits per heavy atom. The number of likely N-dealkylation sites (N-methyl/N-ethyl adjacent to an activating group) is 1. The Kier molecular flexibility index (Phi) is 4.89. The first-order valence-corrected chi connectivity index (χ1v) is 8.19. The molecule has 2 aliphatic rings. The van der Waals surface area contributed by atoms with Crippen molar-refractivity contribution in [1.82, 2.24) is 10.2 Å². The largest absolute Gasteiger partial charge is 0.480 e. The van der Waals surface area contributed by atoms with E-state index in [1.54, 1.807) is 0 Å². The zero-order valence-electron chi connectivity index (χ0n) is 13.7. The third-order valence-corrected chi connectivity index (χ3v) is 4.54. The van der Waals surface area contributed by atoms with E-state index < -0.39 is 5.97 Å². The predicted octanol–water partition coefficient (Wildman–Crippen LogP) is 1.01. The van der Waals surface area contributed by atoms with E-state index in [0.717, 1.165) is 18.4 Å². The highest BCUT2D eigenvalue weighted by Gasteiger charge is 2.34. The number of hydrogen-bond acceptors (Lipinski definition) is 5. The van der Waals surface area contributed by atoms with E-state index in [4.69, 9.17) is 14.6 Å². The Hall–Kier alpha value is -2.28. The summed E-state index contributed by atoms with van der Waals surface area (Å²) in [6.45, 7) is 2.93. The third kappa shape index (κ3) is 3.79. The molecule has 1 aromatic rings. The number of carboxylic acid groups (broad SMARTS) is 1. The van der Waals surface area contributed by atoms with E-state index in [2.05, 4.69) is 5.32 Å². The minimum absolute atomic E-state index is 0.0291. The molecule has 0 unspecified atom stereocenters. The number of ether oxygens (including phenoxy) is 2. The lowest BCUT2D eigenvalue weighted by Crippen LogP contribution is -2.55. The SMILES string of the molecule is CCN(CC(=O)O)C1CC(NC(=O)Cc2ccc3c(c2)OCO3)C1. The fraction of sp³-hybridized carbons (Fsp3) is 0.529. The van der Waals surface area contributed by atoms with Crippen molar-refractivity contribution in [2.24, 2.45) is 0 Å². The van der Waals surface area contributed by atoms with Gasteiger partial charge in [0.05, 0.1) is 13.0 Å². The molecule has 1 aliphatic carbocycles. The standard InChI is InChI=1S/C17H22N2O5/c1-2-19(9-17(21)22)13-7-12(8-13)18-16(20)6-11-3-4-14-15(5-11)24-10-23-14/h3-5,12-13H,2,6-10H2,1H3,(H,18,20)(H,21,22). The fourth-order valence-corrected chi connectivity index (χ4v) is 3.19. The topological polar surface area (TPSA) is 88.1 Å². The van der Waals surface area contributed by atoms with Crippen molar-refractivity contribution in [2.45, 2.75) is 38.3 Å². The Balaban J connectivity index is 1.44. The number of amides is 1. The van der Waals surface area contributed by atoms with Gasteiger partial charge in [0, 0.05) is 12.1 Å². The summed E-state index contributed by atoms with van der Waals surface area (Å²) in [5, 5.41) is 11.9. The Bertz CT molecular complexity index is 627. The molecule has 7 heteroatoms. The van der Waals surface area contributed by atoms with Crippen LogP contribution >= 0.6 is 0 Å². The number of rotatable bonds is 7. The molecule has 0 saturated heterocycles. The highest BCUT2D eigenvalue weighted by atomic mass is 16.7. The van der Waals surface area contributed by atoms with Crippen LogP contribution in [0.2, 0.25) is 0 Å². The lowest BCUT2D eigenvalue weighted by Gasteiger charge is -2.42. The smallest absolute Gasteiger partial charge is 0.317 e. The fourth-order valence-electron chi connectivity index (χ4n) is 3.19. The van der Waals surface area contributed by atoms with Crippen molar-refractivity contribution in [1.29, 1.82) is 0 Å². The van der Waals surface area contributed by atoms with Crippen LogP contribution < -0.4 is 14.8 Å². The van der Waals surface area contributed by atoms with E-state index in [1.807, 2.05) is 30.0 Å². The van der Waals surface area contributed by atoms with Crippen LogP contribution in [0.25, 0.3) is 0 Å².